The highest BCUT2D eigenvalue weighted by molar-refractivity contribution is 7.18. The number of thiazole rings is 1. The van der Waals surface area contributed by atoms with Crippen molar-refractivity contribution in [2.75, 3.05) is 30.3 Å². The first-order valence-electron chi connectivity index (χ1n) is 7.66. The Morgan fingerprint density at radius 1 is 1.48 bits per heavy atom. The number of nitrogens with one attached hydrogen (secondary N) is 1. The minimum Gasteiger partial charge on any atom is -0.382 e. The Morgan fingerprint density at radius 3 is 2.95 bits per heavy atom. The predicted molar refractivity (Wildman–Crippen MR) is 87.8 cm³/mol. The summed E-state index contributed by atoms with van der Waals surface area (Å²) in [7, 11) is 0. The summed E-state index contributed by atoms with van der Waals surface area (Å²) in [6, 6.07) is 0.186. The van der Waals surface area contributed by atoms with Crippen LogP contribution in [0.5, 0.6) is 0 Å². The van der Waals surface area contributed by atoms with Gasteiger partial charge >= 0.3 is 0 Å². The van der Waals surface area contributed by atoms with Crippen LogP contribution in [0.1, 0.15) is 48.7 Å². The van der Waals surface area contributed by atoms with E-state index in [1.807, 2.05) is 0 Å². The van der Waals surface area contributed by atoms with E-state index in [1.165, 1.54) is 24.2 Å². The molecule has 0 bridgehead atoms. The third-order valence-corrected chi connectivity index (χ3v) is 4.79. The molecule has 0 aromatic carbocycles. The van der Waals surface area contributed by atoms with Gasteiger partial charge in [0.05, 0.1) is 0 Å². The van der Waals surface area contributed by atoms with Crippen molar-refractivity contribution >= 4 is 28.2 Å². The maximum Gasteiger partial charge on any atom is 0.265 e. The zero-order chi connectivity index (χ0) is 15.2. The summed E-state index contributed by atoms with van der Waals surface area (Å²) in [4.78, 5) is 19.1. The van der Waals surface area contributed by atoms with E-state index in [0.717, 1.165) is 37.5 Å². The van der Waals surface area contributed by atoms with Crippen molar-refractivity contribution in [3.05, 3.63) is 4.88 Å². The number of amides is 1. The van der Waals surface area contributed by atoms with Gasteiger partial charge in [0.1, 0.15) is 10.7 Å². The number of hydrogen-bond acceptors (Lipinski definition) is 6. The van der Waals surface area contributed by atoms with Crippen molar-refractivity contribution in [2.45, 2.75) is 45.1 Å². The SMILES string of the molecule is CCCCCCNC(=O)c1sc(N2CCC(N)C2)nc1N. The molecule has 0 aliphatic carbocycles. The molecule has 0 saturated carbocycles. The number of nitrogen functional groups attached to an aromatic ring is 1. The molecule has 1 saturated heterocycles. The lowest BCUT2D eigenvalue weighted by molar-refractivity contribution is 0.0957. The normalized spacial score (nSPS) is 18.2. The summed E-state index contributed by atoms with van der Waals surface area (Å²) in [5.41, 5.74) is 11.8. The van der Waals surface area contributed by atoms with Gasteiger partial charge < -0.3 is 21.7 Å². The lowest BCUT2D eigenvalue weighted by Crippen LogP contribution is -2.26. The van der Waals surface area contributed by atoms with Crippen LogP contribution in [-0.4, -0.2) is 36.6 Å². The summed E-state index contributed by atoms with van der Waals surface area (Å²) < 4.78 is 0. The van der Waals surface area contributed by atoms with Crippen molar-refractivity contribution in [2.24, 2.45) is 5.73 Å². The van der Waals surface area contributed by atoms with Crippen molar-refractivity contribution in [1.82, 2.24) is 10.3 Å². The second kappa shape index (κ2) is 7.61. The standard InChI is InChI=1S/C14H25N5OS/c1-2-3-4-5-7-17-13(20)11-12(16)18-14(21-11)19-8-6-10(15)9-19/h10H,2-9,15-16H2,1H3,(H,17,20). The van der Waals surface area contributed by atoms with Gasteiger partial charge in [-0.25, -0.2) is 4.98 Å². The van der Waals surface area contributed by atoms with E-state index in [-0.39, 0.29) is 11.9 Å². The number of carbonyl (C=O) groups excluding carboxylic acids is 1. The van der Waals surface area contributed by atoms with Gasteiger partial charge in [-0.15, -0.1) is 0 Å². The van der Waals surface area contributed by atoms with Gasteiger partial charge in [-0.2, -0.15) is 0 Å². The molecule has 0 radical (unpaired) electrons. The highest BCUT2D eigenvalue weighted by Gasteiger charge is 2.24. The van der Waals surface area contributed by atoms with Crippen molar-refractivity contribution in [1.29, 1.82) is 0 Å². The van der Waals surface area contributed by atoms with Gasteiger partial charge in [-0.3, -0.25) is 4.79 Å². The fourth-order valence-corrected chi connectivity index (χ4v) is 3.35. The molecule has 1 unspecified atom stereocenters. The van der Waals surface area contributed by atoms with Crippen LogP contribution in [0.25, 0.3) is 0 Å². The van der Waals surface area contributed by atoms with E-state index >= 15 is 0 Å². The van der Waals surface area contributed by atoms with Crippen LogP contribution >= 0.6 is 11.3 Å². The van der Waals surface area contributed by atoms with Crippen LogP contribution in [0.2, 0.25) is 0 Å². The number of unbranched alkanes of at least 4 members (excludes halogenated alkanes) is 3. The van der Waals surface area contributed by atoms with Crippen LogP contribution in [0.3, 0.4) is 0 Å². The highest BCUT2D eigenvalue weighted by Crippen LogP contribution is 2.30. The minimum absolute atomic E-state index is 0.115. The van der Waals surface area contributed by atoms with E-state index < -0.39 is 0 Å². The molecule has 1 aromatic heterocycles. The van der Waals surface area contributed by atoms with Crippen molar-refractivity contribution in [3.63, 3.8) is 0 Å². The Bertz CT molecular complexity index is 476. The van der Waals surface area contributed by atoms with Crippen LogP contribution in [0, 0.1) is 0 Å². The Hall–Kier alpha value is -1.34. The van der Waals surface area contributed by atoms with Crippen LogP contribution in [0.4, 0.5) is 10.9 Å². The average Bonchev–Trinajstić information content (AvgIpc) is 3.04. The Balaban J connectivity index is 1.88. The summed E-state index contributed by atoms with van der Waals surface area (Å²) in [5, 5.41) is 3.72. The van der Waals surface area contributed by atoms with Gasteiger partial charge in [0.15, 0.2) is 5.13 Å². The number of aromatic nitrogens is 1. The smallest absolute Gasteiger partial charge is 0.265 e. The van der Waals surface area contributed by atoms with E-state index in [9.17, 15) is 4.79 Å². The number of nitrogens with two attached hydrogens (primary N) is 2. The second-order valence-electron chi connectivity index (χ2n) is 5.52. The first-order valence-corrected chi connectivity index (χ1v) is 8.48. The summed E-state index contributed by atoms with van der Waals surface area (Å²) in [6.07, 6.45) is 5.51. The highest BCUT2D eigenvalue weighted by atomic mass is 32.1. The second-order valence-corrected chi connectivity index (χ2v) is 6.50. The van der Waals surface area contributed by atoms with Crippen molar-refractivity contribution in [3.8, 4) is 0 Å². The molecule has 1 aliphatic heterocycles. The van der Waals surface area contributed by atoms with Gasteiger partial charge in [0.25, 0.3) is 5.91 Å². The number of rotatable bonds is 7. The van der Waals surface area contributed by atoms with E-state index in [2.05, 4.69) is 22.1 Å². The van der Waals surface area contributed by atoms with Crippen LogP contribution in [0.15, 0.2) is 0 Å². The first-order chi connectivity index (χ1) is 10.1. The molecule has 1 aliphatic rings. The van der Waals surface area contributed by atoms with Crippen LogP contribution in [-0.2, 0) is 0 Å². The molecular formula is C14H25N5OS. The molecule has 21 heavy (non-hydrogen) atoms. The van der Waals surface area contributed by atoms with Crippen LogP contribution < -0.4 is 21.7 Å². The zero-order valence-corrected chi connectivity index (χ0v) is 13.4. The fourth-order valence-electron chi connectivity index (χ4n) is 2.41. The fraction of sp³-hybridized carbons (Fsp3) is 0.714. The van der Waals surface area contributed by atoms with E-state index in [4.69, 9.17) is 11.5 Å². The molecule has 5 N–H and O–H groups in total. The molecule has 1 amide bonds. The van der Waals surface area contributed by atoms with Gasteiger partial charge in [0.2, 0.25) is 0 Å². The number of anilines is 2. The molecule has 6 nitrogen and oxygen atoms in total. The van der Waals surface area contributed by atoms with Gasteiger partial charge in [0, 0.05) is 25.7 Å². The summed E-state index contributed by atoms with van der Waals surface area (Å²) >= 11 is 1.36. The minimum atomic E-state index is -0.115. The molecule has 7 heteroatoms. The largest absolute Gasteiger partial charge is 0.382 e. The quantitative estimate of drug-likeness (QED) is 0.664. The molecule has 0 spiro atoms. The molecule has 2 rings (SSSR count). The molecule has 1 fully saturated rings. The van der Waals surface area contributed by atoms with Crippen molar-refractivity contribution < 1.29 is 4.79 Å². The third-order valence-electron chi connectivity index (χ3n) is 3.66. The maximum atomic E-state index is 12.1. The summed E-state index contributed by atoms with van der Waals surface area (Å²) in [5.74, 6) is 0.206. The van der Waals surface area contributed by atoms with Gasteiger partial charge in [-0.1, -0.05) is 37.5 Å². The monoisotopic (exact) mass is 311 g/mol. The molecular weight excluding hydrogens is 286 g/mol. The molecule has 1 atom stereocenters. The topological polar surface area (TPSA) is 97.3 Å². The zero-order valence-electron chi connectivity index (χ0n) is 12.6. The van der Waals surface area contributed by atoms with E-state index in [0.29, 0.717) is 17.2 Å². The number of carbonyl (C=O) groups is 1. The first kappa shape index (κ1) is 16.0. The maximum absolute atomic E-state index is 12.1. The summed E-state index contributed by atoms with van der Waals surface area (Å²) in [6.45, 7) is 4.53. The lowest BCUT2D eigenvalue weighted by atomic mass is 10.2. The van der Waals surface area contributed by atoms with Gasteiger partial charge in [-0.05, 0) is 12.8 Å². The number of hydrogen-bond donors (Lipinski definition) is 3. The van der Waals surface area contributed by atoms with E-state index in [1.54, 1.807) is 0 Å². The predicted octanol–water partition coefficient (Wildman–Crippen LogP) is 1.57. The Kier molecular flexibility index (Phi) is 5.81. The Morgan fingerprint density at radius 2 is 2.29 bits per heavy atom. The average molecular weight is 311 g/mol. The third kappa shape index (κ3) is 4.31. The lowest BCUT2D eigenvalue weighted by Gasteiger charge is -2.12. The molecule has 2 heterocycles. The Labute approximate surface area is 129 Å². The molecule has 118 valence electrons. The number of nitrogens with zero attached hydrogens (tertiary/aromatic N) is 2. The molecule has 1 aromatic rings.